The normalized spacial score (nSPS) is 12.7. The summed E-state index contributed by atoms with van der Waals surface area (Å²) >= 11 is 0. The quantitative estimate of drug-likeness (QED) is 0.738. The highest BCUT2D eigenvalue weighted by atomic mass is 16.3. The summed E-state index contributed by atoms with van der Waals surface area (Å²) in [5, 5.41) is 2.91. The van der Waals surface area contributed by atoms with Crippen molar-refractivity contribution in [2.75, 3.05) is 18.0 Å². The van der Waals surface area contributed by atoms with Gasteiger partial charge in [-0.05, 0) is 59.5 Å². The lowest BCUT2D eigenvalue weighted by Crippen LogP contribution is -2.25. The number of nitrogens with zero attached hydrogens (tertiary/aromatic N) is 1. The topological polar surface area (TPSA) is 62.6 Å². The Morgan fingerprint density at radius 3 is 2.57 bits per heavy atom. The molecule has 2 amide bonds. The third-order valence-corrected chi connectivity index (χ3v) is 5.07. The molecular formula is C23H22N2O3. The monoisotopic (exact) mass is 374 g/mol. The van der Waals surface area contributed by atoms with Gasteiger partial charge in [-0.15, -0.1) is 0 Å². The standard InChI is InChI=1S/C23H22N2O3/c1-16(26)25-13-11-20-15-19(8-9-22(20)25)17-4-6-18(7-5-17)23(27)24-12-10-21-3-2-14-28-21/h2-9,14-15H,10-13H2,1H3,(H,24,27). The number of amides is 2. The highest BCUT2D eigenvalue weighted by Crippen LogP contribution is 2.32. The third-order valence-electron chi connectivity index (χ3n) is 5.07. The summed E-state index contributed by atoms with van der Waals surface area (Å²) in [6.45, 7) is 2.87. The van der Waals surface area contributed by atoms with Gasteiger partial charge >= 0.3 is 0 Å². The molecule has 3 aromatic rings. The van der Waals surface area contributed by atoms with Crippen LogP contribution < -0.4 is 10.2 Å². The van der Waals surface area contributed by atoms with Crippen LogP contribution in [0.1, 0.15) is 28.6 Å². The van der Waals surface area contributed by atoms with Gasteiger partial charge in [-0.1, -0.05) is 18.2 Å². The molecule has 0 saturated heterocycles. The van der Waals surface area contributed by atoms with E-state index in [9.17, 15) is 9.59 Å². The van der Waals surface area contributed by atoms with Gasteiger partial charge in [-0.25, -0.2) is 0 Å². The van der Waals surface area contributed by atoms with Gasteiger partial charge in [0, 0.05) is 37.7 Å². The van der Waals surface area contributed by atoms with Crippen molar-refractivity contribution in [2.24, 2.45) is 0 Å². The lowest BCUT2D eigenvalue weighted by Gasteiger charge is -2.15. The largest absolute Gasteiger partial charge is 0.469 e. The summed E-state index contributed by atoms with van der Waals surface area (Å²) in [6, 6.07) is 17.5. The minimum Gasteiger partial charge on any atom is -0.469 e. The van der Waals surface area contributed by atoms with Crippen LogP contribution in [0.25, 0.3) is 11.1 Å². The molecule has 1 aliphatic rings. The van der Waals surface area contributed by atoms with E-state index in [0.29, 0.717) is 18.5 Å². The Morgan fingerprint density at radius 2 is 1.86 bits per heavy atom. The number of rotatable bonds is 5. The molecule has 0 unspecified atom stereocenters. The Morgan fingerprint density at radius 1 is 1.07 bits per heavy atom. The average molecular weight is 374 g/mol. The molecular weight excluding hydrogens is 352 g/mol. The molecule has 2 heterocycles. The Balaban J connectivity index is 1.42. The van der Waals surface area contributed by atoms with E-state index in [1.807, 2.05) is 53.4 Å². The molecule has 28 heavy (non-hydrogen) atoms. The third kappa shape index (κ3) is 3.69. The molecule has 5 nitrogen and oxygen atoms in total. The van der Waals surface area contributed by atoms with Crippen LogP contribution in [0.3, 0.4) is 0 Å². The van der Waals surface area contributed by atoms with E-state index >= 15 is 0 Å². The van der Waals surface area contributed by atoms with Crippen LogP contribution in [-0.4, -0.2) is 24.9 Å². The Kier molecular flexibility index (Phi) is 4.98. The zero-order valence-corrected chi connectivity index (χ0v) is 15.8. The van der Waals surface area contributed by atoms with E-state index in [1.165, 1.54) is 5.56 Å². The van der Waals surface area contributed by atoms with Crippen molar-refractivity contribution in [1.82, 2.24) is 5.32 Å². The van der Waals surface area contributed by atoms with Gasteiger partial charge in [-0.2, -0.15) is 0 Å². The van der Waals surface area contributed by atoms with E-state index < -0.39 is 0 Å². The Hall–Kier alpha value is -3.34. The lowest BCUT2D eigenvalue weighted by atomic mass is 10.0. The summed E-state index contributed by atoms with van der Waals surface area (Å²) in [5.74, 6) is 0.841. The number of anilines is 1. The van der Waals surface area contributed by atoms with Gasteiger partial charge in [0.25, 0.3) is 5.91 Å². The SMILES string of the molecule is CC(=O)N1CCc2cc(-c3ccc(C(=O)NCCc4ccco4)cc3)ccc21. The predicted octanol–water partition coefficient (Wildman–Crippen LogP) is 3.83. The second kappa shape index (κ2) is 7.72. The molecule has 0 spiro atoms. The molecule has 1 aromatic heterocycles. The van der Waals surface area contributed by atoms with Crippen molar-refractivity contribution >= 4 is 17.5 Å². The minimum absolute atomic E-state index is 0.0777. The number of benzene rings is 2. The van der Waals surface area contributed by atoms with Crippen LogP contribution >= 0.6 is 0 Å². The van der Waals surface area contributed by atoms with Crippen molar-refractivity contribution in [1.29, 1.82) is 0 Å². The number of fused-ring (bicyclic) bond motifs is 1. The van der Waals surface area contributed by atoms with Gasteiger partial charge in [0.15, 0.2) is 0 Å². The van der Waals surface area contributed by atoms with Crippen molar-refractivity contribution in [3.63, 3.8) is 0 Å². The molecule has 0 fully saturated rings. The molecule has 4 rings (SSSR count). The first-order chi connectivity index (χ1) is 13.6. The molecule has 2 aromatic carbocycles. The maximum Gasteiger partial charge on any atom is 0.251 e. The van der Waals surface area contributed by atoms with Gasteiger partial charge in [-0.3, -0.25) is 9.59 Å². The highest BCUT2D eigenvalue weighted by Gasteiger charge is 2.22. The maximum absolute atomic E-state index is 12.3. The summed E-state index contributed by atoms with van der Waals surface area (Å²) in [6.07, 6.45) is 3.18. The fraction of sp³-hybridized carbons (Fsp3) is 0.217. The maximum atomic E-state index is 12.3. The number of carbonyl (C=O) groups is 2. The summed E-state index contributed by atoms with van der Waals surface area (Å²) in [5.41, 5.74) is 4.97. The van der Waals surface area contributed by atoms with E-state index in [1.54, 1.807) is 13.2 Å². The molecule has 0 saturated carbocycles. The summed E-state index contributed by atoms with van der Waals surface area (Å²) in [4.78, 5) is 25.8. The molecule has 1 N–H and O–H groups in total. The number of hydrogen-bond donors (Lipinski definition) is 1. The van der Waals surface area contributed by atoms with E-state index in [4.69, 9.17) is 4.42 Å². The van der Waals surface area contributed by atoms with Gasteiger partial charge in [0.1, 0.15) is 5.76 Å². The van der Waals surface area contributed by atoms with Crippen LogP contribution in [-0.2, 0) is 17.6 Å². The molecule has 142 valence electrons. The zero-order chi connectivity index (χ0) is 19.5. The molecule has 1 aliphatic heterocycles. The van der Waals surface area contributed by atoms with E-state index in [0.717, 1.165) is 35.5 Å². The van der Waals surface area contributed by atoms with Crippen molar-refractivity contribution in [3.8, 4) is 11.1 Å². The van der Waals surface area contributed by atoms with Crippen molar-refractivity contribution < 1.29 is 14.0 Å². The second-order valence-electron chi connectivity index (χ2n) is 6.93. The van der Waals surface area contributed by atoms with Crippen LogP contribution in [0.15, 0.2) is 65.3 Å². The molecule has 5 heteroatoms. The fourth-order valence-corrected chi connectivity index (χ4v) is 3.58. The highest BCUT2D eigenvalue weighted by molar-refractivity contribution is 5.95. The smallest absolute Gasteiger partial charge is 0.251 e. The summed E-state index contributed by atoms with van der Waals surface area (Å²) in [7, 11) is 0. The average Bonchev–Trinajstić information content (AvgIpc) is 3.37. The van der Waals surface area contributed by atoms with Gasteiger partial charge < -0.3 is 14.6 Å². The first kappa shape index (κ1) is 18.0. The van der Waals surface area contributed by atoms with Crippen LogP contribution in [0, 0.1) is 0 Å². The van der Waals surface area contributed by atoms with Crippen LogP contribution in [0.4, 0.5) is 5.69 Å². The van der Waals surface area contributed by atoms with Crippen molar-refractivity contribution in [3.05, 3.63) is 77.7 Å². The predicted molar refractivity (Wildman–Crippen MR) is 108 cm³/mol. The number of nitrogens with one attached hydrogen (secondary N) is 1. The first-order valence-corrected chi connectivity index (χ1v) is 9.44. The van der Waals surface area contributed by atoms with E-state index in [2.05, 4.69) is 11.4 Å². The second-order valence-corrected chi connectivity index (χ2v) is 6.93. The van der Waals surface area contributed by atoms with Crippen LogP contribution in [0.5, 0.6) is 0 Å². The summed E-state index contributed by atoms with van der Waals surface area (Å²) < 4.78 is 5.26. The number of hydrogen-bond acceptors (Lipinski definition) is 3. The number of carbonyl (C=O) groups excluding carboxylic acids is 2. The molecule has 0 bridgehead atoms. The fourth-order valence-electron chi connectivity index (χ4n) is 3.58. The molecule has 0 radical (unpaired) electrons. The molecule has 0 aliphatic carbocycles. The molecule has 0 atom stereocenters. The zero-order valence-electron chi connectivity index (χ0n) is 15.8. The van der Waals surface area contributed by atoms with Crippen LogP contribution in [0.2, 0.25) is 0 Å². The minimum atomic E-state index is -0.0934. The lowest BCUT2D eigenvalue weighted by molar-refractivity contribution is -0.116. The first-order valence-electron chi connectivity index (χ1n) is 9.44. The van der Waals surface area contributed by atoms with E-state index in [-0.39, 0.29) is 11.8 Å². The Bertz CT molecular complexity index is 991. The van der Waals surface area contributed by atoms with Gasteiger partial charge in [0.2, 0.25) is 5.91 Å². The van der Waals surface area contributed by atoms with Crippen molar-refractivity contribution in [2.45, 2.75) is 19.8 Å². The number of furan rings is 1. The van der Waals surface area contributed by atoms with Gasteiger partial charge in [0.05, 0.1) is 6.26 Å². The Labute approximate surface area is 164 Å².